The number of nitrogens with one attached hydrogen (secondary N) is 1. The Labute approximate surface area is 81.8 Å². The Bertz CT molecular complexity index is 434. The predicted molar refractivity (Wildman–Crippen MR) is 53.8 cm³/mol. The zero-order valence-corrected chi connectivity index (χ0v) is 8.10. The Morgan fingerprint density at radius 2 is 2.21 bits per heavy atom. The maximum absolute atomic E-state index is 4.18. The van der Waals surface area contributed by atoms with Gasteiger partial charge in [-0.1, -0.05) is 0 Å². The van der Waals surface area contributed by atoms with Gasteiger partial charge < -0.3 is 5.32 Å². The molecule has 0 unspecified atom stereocenters. The molecule has 0 spiro atoms. The molecule has 1 N–H and O–H groups in total. The molecule has 0 aliphatic carbocycles. The normalized spacial score (nSPS) is 10.1. The fourth-order valence-corrected chi connectivity index (χ4v) is 1.26. The summed E-state index contributed by atoms with van der Waals surface area (Å²) in [5.41, 5.74) is 1.84. The van der Waals surface area contributed by atoms with Gasteiger partial charge in [0.1, 0.15) is 12.1 Å². The van der Waals surface area contributed by atoms with Crippen molar-refractivity contribution in [3.05, 3.63) is 24.7 Å². The number of hydrogen-bond donors (Lipinski definition) is 1. The average Bonchev–Trinajstić information content (AvgIpc) is 2.65. The summed E-state index contributed by atoms with van der Waals surface area (Å²) < 4.78 is 1.78. The number of aryl methyl sites for hydroxylation is 1. The third-order valence-corrected chi connectivity index (χ3v) is 2.01. The van der Waals surface area contributed by atoms with Crippen molar-refractivity contribution in [1.29, 1.82) is 0 Å². The Balaban J connectivity index is 2.47. The second kappa shape index (κ2) is 3.45. The summed E-state index contributed by atoms with van der Waals surface area (Å²) in [6.07, 6.45) is 3.28. The molecule has 2 heterocycles. The molecule has 2 aromatic rings. The van der Waals surface area contributed by atoms with Gasteiger partial charge in [-0.2, -0.15) is 5.10 Å². The van der Waals surface area contributed by atoms with E-state index in [-0.39, 0.29) is 0 Å². The van der Waals surface area contributed by atoms with Crippen molar-refractivity contribution in [2.24, 2.45) is 7.05 Å². The number of rotatable bonds is 2. The van der Waals surface area contributed by atoms with Crippen molar-refractivity contribution < 1.29 is 0 Å². The van der Waals surface area contributed by atoms with E-state index in [0.717, 1.165) is 17.2 Å². The third kappa shape index (κ3) is 1.44. The number of hydrogen-bond acceptors (Lipinski definition) is 4. The minimum Gasteiger partial charge on any atom is -0.373 e. The summed E-state index contributed by atoms with van der Waals surface area (Å²) in [4.78, 5) is 8.22. The van der Waals surface area contributed by atoms with Crippen LogP contribution in [0, 0.1) is 0 Å². The Morgan fingerprint density at radius 1 is 1.36 bits per heavy atom. The lowest BCUT2D eigenvalue weighted by Gasteiger charge is -2.02. The Hall–Kier alpha value is -1.91. The van der Waals surface area contributed by atoms with Crippen LogP contribution in [0.4, 0.5) is 5.82 Å². The molecule has 2 aromatic heterocycles. The number of aromatic nitrogens is 4. The lowest BCUT2D eigenvalue weighted by molar-refractivity contribution is 0.773. The van der Waals surface area contributed by atoms with Gasteiger partial charge in [0.2, 0.25) is 0 Å². The second-order valence-electron chi connectivity index (χ2n) is 2.88. The highest BCUT2D eigenvalue weighted by atomic mass is 15.3. The maximum atomic E-state index is 4.18. The molecule has 14 heavy (non-hydrogen) atoms. The van der Waals surface area contributed by atoms with E-state index < -0.39 is 0 Å². The Kier molecular flexibility index (Phi) is 2.14. The molecule has 0 saturated heterocycles. The first-order valence-electron chi connectivity index (χ1n) is 4.29. The van der Waals surface area contributed by atoms with Crippen LogP contribution >= 0.6 is 0 Å². The standard InChI is InChI=1S/C9H11N5/c1-10-9-5-7(11-6-12-9)8-3-4-13-14(8)2/h3-6H,1-2H3,(H,10,11,12). The van der Waals surface area contributed by atoms with Crippen LogP contribution in [-0.4, -0.2) is 26.8 Å². The second-order valence-corrected chi connectivity index (χ2v) is 2.88. The largest absolute Gasteiger partial charge is 0.373 e. The van der Waals surface area contributed by atoms with E-state index in [4.69, 9.17) is 0 Å². The summed E-state index contributed by atoms with van der Waals surface area (Å²) in [6.45, 7) is 0. The lowest BCUT2D eigenvalue weighted by atomic mass is 10.3. The van der Waals surface area contributed by atoms with Crippen molar-refractivity contribution in [1.82, 2.24) is 19.7 Å². The first-order chi connectivity index (χ1) is 6.81. The van der Waals surface area contributed by atoms with Gasteiger partial charge in [-0.25, -0.2) is 9.97 Å². The molecule has 0 aromatic carbocycles. The number of nitrogens with zero attached hydrogens (tertiary/aromatic N) is 4. The third-order valence-electron chi connectivity index (χ3n) is 2.01. The molecule has 0 amide bonds. The van der Waals surface area contributed by atoms with Crippen molar-refractivity contribution in [2.75, 3.05) is 12.4 Å². The van der Waals surface area contributed by atoms with E-state index in [1.807, 2.05) is 26.2 Å². The van der Waals surface area contributed by atoms with Crippen LogP contribution in [0.1, 0.15) is 0 Å². The average molecular weight is 189 g/mol. The van der Waals surface area contributed by atoms with Gasteiger partial charge in [0.05, 0.1) is 11.4 Å². The van der Waals surface area contributed by atoms with Gasteiger partial charge in [-0.15, -0.1) is 0 Å². The molecule has 2 rings (SSSR count). The molecular formula is C9H11N5. The molecule has 0 bridgehead atoms. The molecule has 0 radical (unpaired) electrons. The molecule has 0 atom stereocenters. The summed E-state index contributed by atoms with van der Waals surface area (Å²) in [7, 11) is 3.71. The van der Waals surface area contributed by atoms with E-state index in [1.54, 1.807) is 10.9 Å². The SMILES string of the molecule is CNc1cc(-c2ccnn2C)ncn1. The van der Waals surface area contributed by atoms with Gasteiger partial charge in [0.15, 0.2) is 0 Å². The molecule has 5 heteroatoms. The van der Waals surface area contributed by atoms with Gasteiger partial charge in [-0.05, 0) is 6.07 Å². The van der Waals surface area contributed by atoms with Crippen LogP contribution in [0.2, 0.25) is 0 Å². The van der Waals surface area contributed by atoms with Crippen LogP contribution in [0.3, 0.4) is 0 Å². The number of anilines is 1. The minimum absolute atomic E-state index is 0.802. The van der Waals surface area contributed by atoms with E-state index in [0.29, 0.717) is 0 Å². The summed E-state index contributed by atoms with van der Waals surface area (Å²) in [5.74, 6) is 0.802. The van der Waals surface area contributed by atoms with Crippen LogP contribution in [0.5, 0.6) is 0 Å². The molecule has 5 nitrogen and oxygen atoms in total. The molecule has 0 fully saturated rings. The van der Waals surface area contributed by atoms with Crippen molar-refractivity contribution in [2.45, 2.75) is 0 Å². The highest BCUT2D eigenvalue weighted by molar-refractivity contribution is 5.57. The topological polar surface area (TPSA) is 55.6 Å². The van der Waals surface area contributed by atoms with Crippen molar-refractivity contribution >= 4 is 5.82 Å². The van der Waals surface area contributed by atoms with Gasteiger partial charge in [0, 0.05) is 26.4 Å². The first-order valence-corrected chi connectivity index (χ1v) is 4.29. The van der Waals surface area contributed by atoms with Crippen LogP contribution < -0.4 is 5.32 Å². The fourth-order valence-electron chi connectivity index (χ4n) is 1.26. The van der Waals surface area contributed by atoms with Crippen LogP contribution in [-0.2, 0) is 7.05 Å². The van der Waals surface area contributed by atoms with Gasteiger partial charge >= 0.3 is 0 Å². The lowest BCUT2D eigenvalue weighted by Crippen LogP contribution is -1.98. The molecule has 0 aliphatic heterocycles. The highest BCUT2D eigenvalue weighted by Gasteiger charge is 2.04. The molecule has 0 saturated carbocycles. The summed E-state index contributed by atoms with van der Waals surface area (Å²) >= 11 is 0. The fraction of sp³-hybridized carbons (Fsp3) is 0.222. The van der Waals surface area contributed by atoms with Gasteiger partial charge in [-0.3, -0.25) is 4.68 Å². The van der Waals surface area contributed by atoms with Gasteiger partial charge in [0.25, 0.3) is 0 Å². The van der Waals surface area contributed by atoms with E-state index >= 15 is 0 Å². The van der Waals surface area contributed by atoms with Crippen LogP contribution in [0.25, 0.3) is 11.4 Å². The maximum Gasteiger partial charge on any atom is 0.129 e. The highest BCUT2D eigenvalue weighted by Crippen LogP contribution is 2.16. The Morgan fingerprint density at radius 3 is 2.86 bits per heavy atom. The monoisotopic (exact) mass is 189 g/mol. The van der Waals surface area contributed by atoms with E-state index in [9.17, 15) is 0 Å². The van der Waals surface area contributed by atoms with Crippen molar-refractivity contribution in [3.63, 3.8) is 0 Å². The van der Waals surface area contributed by atoms with E-state index in [2.05, 4.69) is 20.4 Å². The predicted octanol–water partition coefficient (Wildman–Crippen LogP) is 0.919. The molecule has 72 valence electrons. The van der Waals surface area contributed by atoms with Crippen molar-refractivity contribution in [3.8, 4) is 11.4 Å². The van der Waals surface area contributed by atoms with Crippen LogP contribution in [0.15, 0.2) is 24.7 Å². The summed E-state index contributed by atoms with van der Waals surface area (Å²) in [5, 5.41) is 7.05. The summed E-state index contributed by atoms with van der Waals surface area (Å²) in [6, 6.07) is 3.80. The zero-order valence-electron chi connectivity index (χ0n) is 8.10. The smallest absolute Gasteiger partial charge is 0.129 e. The first kappa shape index (κ1) is 8.68. The minimum atomic E-state index is 0.802. The molecular weight excluding hydrogens is 178 g/mol. The zero-order chi connectivity index (χ0) is 9.97. The van der Waals surface area contributed by atoms with E-state index in [1.165, 1.54) is 6.33 Å². The quantitative estimate of drug-likeness (QED) is 0.763. The molecule has 0 aliphatic rings.